The van der Waals surface area contributed by atoms with Gasteiger partial charge < -0.3 is 5.32 Å². The summed E-state index contributed by atoms with van der Waals surface area (Å²) in [6.07, 6.45) is 0. The number of thiophene rings is 1. The van der Waals surface area contributed by atoms with E-state index >= 15 is 0 Å². The molecular formula is C18H18N2O2S. The van der Waals surface area contributed by atoms with Gasteiger partial charge in [0.15, 0.2) is 5.78 Å². The summed E-state index contributed by atoms with van der Waals surface area (Å²) in [4.78, 5) is 25.4. The molecular weight excluding hydrogens is 308 g/mol. The summed E-state index contributed by atoms with van der Waals surface area (Å²) < 4.78 is 0. The van der Waals surface area contributed by atoms with Gasteiger partial charge in [-0.1, -0.05) is 19.1 Å². The van der Waals surface area contributed by atoms with Crippen molar-refractivity contribution < 1.29 is 9.59 Å². The van der Waals surface area contributed by atoms with Crippen molar-refractivity contribution in [3.8, 4) is 6.07 Å². The minimum absolute atomic E-state index is 0.0507. The zero-order valence-corrected chi connectivity index (χ0v) is 14.1. The number of carbonyl (C=O) groups excluding carboxylic acids is 2. The minimum Gasteiger partial charge on any atom is -0.348 e. The van der Waals surface area contributed by atoms with Crippen LogP contribution in [0.15, 0.2) is 35.7 Å². The fourth-order valence-corrected chi connectivity index (χ4v) is 3.03. The van der Waals surface area contributed by atoms with Crippen molar-refractivity contribution in [1.29, 1.82) is 5.26 Å². The van der Waals surface area contributed by atoms with Crippen molar-refractivity contribution in [2.24, 2.45) is 5.92 Å². The Hall–Kier alpha value is -2.45. The number of amides is 1. The van der Waals surface area contributed by atoms with Crippen LogP contribution in [0.5, 0.6) is 0 Å². The summed E-state index contributed by atoms with van der Waals surface area (Å²) >= 11 is 1.39. The van der Waals surface area contributed by atoms with Crippen LogP contribution in [0.1, 0.15) is 45.0 Å². The van der Waals surface area contributed by atoms with Crippen molar-refractivity contribution in [3.05, 3.63) is 57.3 Å². The normalized spacial score (nSPS) is 13.0. The molecule has 2 unspecified atom stereocenters. The number of nitriles is 1. The number of hydrogen-bond acceptors (Lipinski definition) is 4. The molecule has 1 N–H and O–H groups in total. The van der Waals surface area contributed by atoms with Crippen LogP contribution in [0.25, 0.3) is 0 Å². The molecule has 1 aromatic heterocycles. The van der Waals surface area contributed by atoms with Gasteiger partial charge in [0.1, 0.15) is 0 Å². The molecule has 2 rings (SSSR count). The highest BCUT2D eigenvalue weighted by molar-refractivity contribution is 7.12. The van der Waals surface area contributed by atoms with Gasteiger partial charge in [0.05, 0.1) is 16.5 Å². The Morgan fingerprint density at radius 2 is 1.83 bits per heavy atom. The van der Waals surface area contributed by atoms with Gasteiger partial charge in [-0.25, -0.2) is 0 Å². The van der Waals surface area contributed by atoms with Crippen LogP contribution < -0.4 is 5.32 Å². The highest BCUT2D eigenvalue weighted by Crippen LogP contribution is 2.17. The standard InChI is InChI=1S/C18H18N2O2S/c1-11-8-9-23-17(11)18(22)20-13(3)12(2)16(21)15-6-4-14(10-19)5-7-15/h4-9,12-13H,1-3H3,(H,20,22). The van der Waals surface area contributed by atoms with Crippen LogP contribution in [-0.4, -0.2) is 17.7 Å². The zero-order valence-electron chi connectivity index (χ0n) is 13.3. The maximum absolute atomic E-state index is 12.5. The molecule has 0 saturated carbocycles. The highest BCUT2D eigenvalue weighted by Gasteiger charge is 2.24. The van der Waals surface area contributed by atoms with Gasteiger partial charge in [-0.3, -0.25) is 9.59 Å². The van der Waals surface area contributed by atoms with E-state index in [2.05, 4.69) is 5.32 Å². The molecule has 2 aromatic rings. The summed E-state index contributed by atoms with van der Waals surface area (Å²) in [5.74, 6) is -0.554. The zero-order chi connectivity index (χ0) is 17.0. The molecule has 0 aliphatic carbocycles. The fraction of sp³-hybridized carbons (Fsp3) is 0.278. The number of rotatable bonds is 5. The summed E-state index contributed by atoms with van der Waals surface area (Å²) in [5.41, 5.74) is 2.00. The van der Waals surface area contributed by atoms with Gasteiger partial charge in [0, 0.05) is 17.5 Å². The quantitative estimate of drug-likeness (QED) is 0.854. The van der Waals surface area contributed by atoms with Gasteiger partial charge in [0.25, 0.3) is 5.91 Å². The molecule has 1 heterocycles. The average molecular weight is 326 g/mol. The summed E-state index contributed by atoms with van der Waals surface area (Å²) in [7, 11) is 0. The van der Waals surface area contributed by atoms with Gasteiger partial charge in [0.2, 0.25) is 0 Å². The van der Waals surface area contributed by atoms with Crippen LogP contribution in [0.2, 0.25) is 0 Å². The Bertz CT molecular complexity index is 756. The lowest BCUT2D eigenvalue weighted by molar-refractivity contribution is 0.0870. The van der Waals surface area contributed by atoms with E-state index in [9.17, 15) is 9.59 Å². The molecule has 0 aliphatic heterocycles. The van der Waals surface area contributed by atoms with Gasteiger partial charge >= 0.3 is 0 Å². The first kappa shape index (κ1) is 16.9. The Morgan fingerprint density at radius 1 is 1.17 bits per heavy atom. The van der Waals surface area contributed by atoms with E-state index in [0.29, 0.717) is 16.0 Å². The smallest absolute Gasteiger partial charge is 0.261 e. The first-order valence-electron chi connectivity index (χ1n) is 7.33. The van der Waals surface area contributed by atoms with Gasteiger partial charge in [-0.2, -0.15) is 5.26 Å². The second-order valence-corrected chi connectivity index (χ2v) is 6.45. The monoisotopic (exact) mass is 326 g/mol. The van der Waals surface area contributed by atoms with Gasteiger partial charge in [-0.15, -0.1) is 11.3 Å². The molecule has 5 heteroatoms. The van der Waals surface area contributed by atoms with E-state index in [0.717, 1.165) is 5.56 Å². The molecule has 0 bridgehead atoms. The molecule has 2 atom stereocenters. The molecule has 1 amide bonds. The first-order valence-corrected chi connectivity index (χ1v) is 8.21. The predicted molar refractivity (Wildman–Crippen MR) is 90.6 cm³/mol. The lowest BCUT2D eigenvalue weighted by atomic mass is 9.93. The van der Waals surface area contributed by atoms with Crippen molar-refractivity contribution in [2.45, 2.75) is 26.8 Å². The average Bonchev–Trinajstić information content (AvgIpc) is 2.99. The molecule has 0 fully saturated rings. The number of Topliss-reactive ketones (excluding diaryl/α,β-unsaturated/α-hetero) is 1. The minimum atomic E-state index is -0.354. The molecule has 0 spiro atoms. The van der Waals surface area contributed by atoms with E-state index in [-0.39, 0.29) is 23.7 Å². The van der Waals surface area contributed by atoms with E-state index in [4.69, 9.17) is 5.26 Å². The number of aryl methyl sites for hydroxylation is 1. The number of nitrogens with zero attached hydrogens (tertiary/aromatic N) is 1. The van der Waals surface area contributed by atoms with Crippen molar-refractivity contribution in [2.75, 3.05) is 0 Å². The van der Waals surface area contributed by atoms with Crippen molar-refractivity contribution >= 4 is 23.0 Å². The lowest BCUT2D eigenvalue weighted by Crippen LogP contribution is -2.40. The Balaban J connectivity index is 2.05. The number of nitrogens with one attached hydrogen (secondary N) is 1. The van der Waals surface area contributed by atoms with Crippen LogP contribution in [0.4, 0.5) is 0 Å². The highest BCUT2D eigenvalue weighted by atomic mass is 32.1. The largest absolute Gasteiger partial charge is 0.348 e. The first-order chi connectivity index (χ1) is 10.9. The molecule has 23 heavy (non-hydrogen) atoms. The van der Waals surface area contributed by atoms with E-state index < -0.39 is 0 Å². The summed E-state index contributed by atoms with van der Waals surface area (Å²) in [6.45, 7) is 5.52. The molecule has 1 aromatic carbocycles. The van der Waals surface area contributed by atoms with Gasteiger partial charge in [-0.05, 0) is 43.0 Å². The second-order valence-electron chi connectivity index (χ2n) is 5.54. The van der Waals surface area contributed by atoms with Crippen LogP contribution in [0, 0.1) is 24.2 Å². The summed E-state index contributed by atoms with van der Waals surface area (Å²) in [6, 6.07) is 10.2. The maximum Gasteiger partial charge on any atom is 0.261 e. The van der Waals surface area contributed by atoms with E-state index in [1.165, 1.54) is 11.3 Å². The Labute approximate surface area is 139 Å². The second kappa shape index (κ2) is 7.21. The maximum atomic E-state index is 12.5. The SMILES string of the molecule is Cc1ccsc1C(=O)NC(C)C(C)C(=O)c1ccc(C#N)cc1. The fourth-order valence-electron chi connectivity index (χ4n) is 2.20. The molecule has 118 valence electrons. The molecule has 4 nitrogen and oxygen atoms in total. The van der Waals surface area contributed by atoms with Crippen molar-refractivity contribution in [3.63, 3.8) is 0 Å². The van der Waals surface area contributed by atoms with E-state index in [1.807, 2.05) is 31.4 Å². The number of hydrogen-bond donors (Lipinski definition) is 1. The van der Waals surface area contributed by atoms with Crippen LogP contribution in [0.3, 0.4) is 0 Å². The topological polar surface area (TPSA) is 70.0 Å². The molecule has 0 radical (unpaired) electrons. The Kier molecular flexibility index (Phi) is 5.30. The Morgan fingerprint density at radius 3 is 2.35 bits per heavy atom. The lowest BCUT2D eigenvalue weighted by Gasteiger charge is -2.20. The third-order valence-corrected chi connectivity index (χ3v) is 4.90. The molecule has 0 saturated heterocycles. The van der Waals surface area contributed by atoms with Crippen LogP contribution in [-0.2, 0) is 0 Å². The number of carbonyl (C=O) groups is 2. The number of benzene rings is 1. The third kappa shape index (κ3) is 3.85. The molecule has 0 aliphatic rings. The predicted octanol–water partition coefficient (Wildman–Crippen LogP) is 3.57. The number of ketones is 1. The summed E-state index contributed by atoms with van der Waals surface area (Å²) in [5, 5.41) is 13.6. The third-order valence-electron chi connectivity index (χ3n) is 3.89. The van der Waals surface area contributed by atoms with Crippen LogP contribution >= 0.6 is 11.3 Å². The van der Waals surface area contributed by atoms with Crippen molar-refractivity contribution in [1.82, 2.24) is 5.32 Å². The van der Waals surface area contributed by atoms with E-state index in [1.54, 1.807) is 31.2 Å².